The van der Waals surface area contributed by atoms with Gasteiger partial charge in [0.25, 0.3) is 5.91 Å². The van der Waals surface area contributed by atoms with E-state index in [0.29, 0.717) is 15.6 Å². The third-order valence-corrected chi connectivity index (χ3v) is 5.89. The molecule has 0 radical (unpaired) electrons. The van der Waals surface area contributed by atoms with Gasteiger partial charge in [-0.05, 0) is 43.2 Å². The number of nitrogens with zero attached hydrogens (tertiary/aromatic N) is 3. The van der Waals surface area contributed by atoms with Crippen LogP contribution >= 0.6 is 23.4 Å². The summed E-state index contributed by atoms with van der Waals surface area (Å²) in [6.45, 7) is 1.78. The van der Waals surface area contributed by atoms with Crippen molar-refractivity contribution < 1.29 is 9.18 Å². The molecule has 0 aliphatic carbocycles. The number of hydrogen-bond donors (Lipinski definition) is 1. The predicted molar refractivity (Wildman–Crippen MR) is 103 cm³/mol. The number of hydrogen-bond acceptors (Lipinski definition) is 4. The fourth-order valence-corrected chi connectivity index (χ4v) is 4.48. The Bertz CT molecular complexity index is 1020. The maximum Gasteiger partial charge on any atom is 0.274 e. The van der Waals surface area contributed by atoms with Crippen LogP contribution in [0, 0.1) is 12.7 Å². The van der Waals surface area contributed by atoms with E-state index >= 15 is 0 Å². The zero-order valence-electron chi connectivity index (χ0n) is 14.4. The van der Waals surface area contributed by atoms with E-state index in [1.807, 2.05) is 18.2 Å². The van der Waals surface area contributed by atoms with Crippen molar-refractivity contribution in [2.75, 3.05) is 5.75 Å². The maximum atomic E-state index is 14.0. The van der Waals surface area contributed by atoms with Crippen molar-refractivity contribution in [1.82, 2.24) is 20.3 Å². The van der Waals surface area contributed by atoms with Crippen LogP contribution in [0.5, 0.6) is 0 Å². The van der Waals surface area contributed by atoms with E-state index in [1.54, 1.807) is 29.8 Å². The lowest BCUT2D eigenvalue weighted by atomic mass is 10.0. The van der Waals surface area contributed by atoms with Gasteiger partial charge in [0.15, 0.2) is 5.69 Å². The van der Waals surface area contributed by atoms with Gasteiger partial charge in [-0.25, -0.2) is 9.07 Å². The van der Waals surface area contributed by atoms with E-state index in [-0.39, 0.29) is 23.5 Å². The number of aromatic nitrogens is 3. The van der Waals surface area contributed by atoms with E-state index in [1.165, 1.54) is 17.8 Å². The van der Waals surface area contributed by atoms with Crippen molar-refractivity contribution in [1.29, 1.82) is 0 Å². The molecule has 0 bridgehead atoms. The van der Waals surface area contributed by atoms with Gasteiger partial charge >= 0.3 is 0 Å². The van der Waals surface area contributed by atoms with Crippen LogP contribution in [0.1, 0.15) is 34.2 Å². The van der Waals surface area contributed by atoms with E-state index in [4.69, 9.17) is 11.6 Å². The SMILES string of the molecule is Cc1c(C(=O)NC2CCSc3c(F)cccc32)nnn1-c1cccc(Cl)c1. The Morgan fingerprint density at radius 1 is 1.33 bits per heavy atom. The Balaban J connectivity index is 1.60. The number of nitrogens with one attached hydrogen (secondary N) is 1. The topological polar surface area (TPSA) is 59.8 Å². The second kappa shape index (κ2) is 7.32. The summed E-state index contributed by atoms with van der Waals surface area (Å²) >= 11 is 7.51. The Morgan fingerprint density at radius 2 is 2.15 bits per heavy atom. The van der Waals surface area contributed by atoms with Gasteiger partial charge in [-0.3, -0.25) is 4.79 Å². The molecular formula is C19H16ClFN4OS. The molecule has 0 spiro atoms. The average molecular weight is 403 g/mol. The minimum absolute atomic E-state index is 0.242. The largest absolute Gasteiger partial charge is 0.344 e. The van der Waals surface area contributed by atoms with Crippen LogP contribution in [-0.4, -0.2) is 26.7 Å². The molecule has 1 atom stereocenters. The third-order valence-electron chi connectivity index (χ3n) is 4.49. The summed E-state index contributed by atoms with van der Waals surface area (Å²) in [5.74, 6) is 0.167. The fraction of sp³-hybridized carbons (Fsp3) is 0.211. The summed E-state index contributed by atoms with van der Waals surface area (Å²) in [5.41, 5.74) is 2.39. The second-order valence-electron chi connectivity index (χ2n) is 6.24. The van der Waals surface area contributed by atoms with Gasteiger partial charge in [-0.2, -0.15) is 0 Å². The summed E-state index contributed by atoms with van der Waals surface area (Å²) in [7, 11) is 0. The molecule has 2 heterocycles. The molecule has 2 aromatic carbocycles. The Morgan fingerprint density at radius 3 is 2.96 bits per heavy atom. The second-order valence-corrected chi connectivity index (χ2v) is 7.78. The van der Waals surface area contributed by atoms with Gasteiger partial charge in [-0.1, -0.05) is 35.0 Å². The van der Waals surface area contributed by atoms with E-state index < -0.39 is 0 Å². The zero-order chi connectivity index (χ0) is 19.0. The Kier molecular flexibility index (Phi) is 4.88. The first-order valence-corrected chi connectivity index (χ1v) is 9.81. The number of rotatable bonds is 3. The summed E-state index contributed by atoms with van der Waals surface area (Å²) in [6, 6.07) is 11.9. The van der Waals surface area contributed by atoms with Crippen LogP contribution in [0.2, 0.25) is 5.02 Å². The molecule has 1 unspecified atom stereocenters. The Hall–Kier alpha value is -2.38. The van der Waals surface area contributed by atoms with Crippen molar-refractivity contribution in [2.45, 2.75) is 24.3 Å². The Labute approximate surface area is 164 Å². The maximum absolute atomic E-state index is 14.0. The molecule has 0 saturated heterocycles. The molecule has 4 rings (SSSR count). The van der Waals surface area contributed by atoms with Gasteiger partial charge in [0.1, 0.15) is 5.82 Å². The summed E-state index contributed by atoms with van der Waals surface area (Å²) in [4.78, 5) is 13.4. The number of benzene rings is 2. The van der Waals surface area contributed by atoms with Crippen molar-refractivity contribution in [2.24, 2.45) is 0 Å². The van der Waals surface area contributed by atoms with Gasteiger partial charge in [0, 0.05) is 15.7 Å². The smallest absolute Gasteiger partial charge is 0.274 e. The number of fused-ring (bicyclic) bond motifs is 1. The number of carbonyl (C=O) groups excluding carboxylic acids is 1. The first kappa shape index (κ1) is 18.0. The summed E-state index contributed by atoms with van der Waals surface area (Å²) < 4.78 is 15.6. The fourth-order valence-electron chi connectivity index (χ4n) is 3.16. The molecule has 8 heteroatoms. The van der Waals surface area contributed by atoms with Crippen LogP contribution < -0.4 is 5.32 Å². The first-order chi connectivity index (χ1) is 13.0. The first-order valence-electron chi connectivity index (χ1n) is 8.45. The number of halogens is 2. The van der Waals surface area contributed by atoms with Crippen LogP contribution in [0.3, 0.4) is 0 Å². The molecule has 5 nitrogen and oxygen atoms in total. The van der Waals surface area contributed by atoms with E-state index in [9.17, 15) is 9.18 Å². The van der Waals surface area contributed by atoms with Crippen LogP contribution in [0.15, 0.2) is 47.4 Å². The highest BCUT2D eigenvalue weighted by atomic mass is 35.5. The highest BCUT2D eigenvalue weighted by molar-refractivity contribution is 7.99. The van der Waals surface area contributed by atoms with Gasteiger partial charge in [-0.15, -0.1) is 16.9 Å². The summed E-state index contributed by atoms with van der Waals surface area (Å²) in [5, 5.41) is 11.7. The quantitative estimate of drug-likeness (QED) is 0.708. The average Bonchev–Trinajstić information content (AvgIpc) is 3.04. The highest BCUT2D eigenvalue weighted by Gasteiger charge is 2.26. The van der Waals surface area contributed by atoms with Crippen molar-refractivity contribution in [3.8, 4) is 5.69 Å². The van der Waals surface area contributed by atoms with Crippen molar-refractivity contribution >= 4 is 29.3 Å². The molecule has 27 heavy (non-hydrogen) atoms. The van der Waals surface area contributed by atoms with Crippen molar-refractivity contribution in [3.63, 3.8) is 0 Å². The lowest BCUT2D eigenvalue weighted by Crippen LogP contribution is -2.31. The lowest BCUT2D eigenvalue weighted by Gasteiger charge is -2.25. The van der Waals surface area contributed by atoms with E-state index in [2.05, 4.69) is 15.6 Å². The zero-order valence-corrected chi connectivity index (χ0v) is 16.0. The normalized spacial score (nSPS) is 16.0. The number of amides is 1. The molecule has 0 fully saturated rings. The molecule has 1 aliphatic heterocycles. The molecule has 1 amide bonds. The van der Waals surface area contributed by atoms with Gasteiger partial charge < -0.3 is 5.32 Å². The molecular weight excluding hydrogens is 387 g/mol. The molecule has 1 aliphatic rings. The molecule has 1 aromatic heterocycles. The standard InChI is InChI=1S/C19H16ClFN4OS/c1-11-17(23-24-25(11)13-5-2-4-12(20)10-13)19(26)22-16-8-9-27-18-14(16)6-3-7-15(18)21/h2-7,10,16H,8-9H2,1H3,(H,22,26). The van der Waals surface area contributed by atoms with Crippen LogP contribution in [0.4, 0.5) is 4.39 Å². The molecule has 3 aromatic rings. The minimum atomic E-state index is -0.326. The van der Waals surface area contributed by atoms with E-state index in [0.717, 1.165) is 23.4 Å². The molecule has 138 valence electrons. The number of thioether (sulfide) groups is 1. The highest BCUT2D eigenvalue weighted by Crippen LogP contribution is 2.37. The summed E-state index contributed by atoms with van der Waals surface area (Å²) in [6.07, 6.45) is 0.730. The van der Waals surface area contributed by atoms with Gasteiger partial charge in [0.2, 0.25) is 0 Å². The minimum Gasteiger partial charge on any atom is -0.344 e. The van der Waals surface area contributed by atoms with Crippen LogP contribution in [-0.2, 0) is 0 Å². The lowest BCUT2D eigenvalue weighted by molar-refractivity contribution is 0.0929. The van der Waals surface area contributed by atoms with Gasteiger partial charge in [0.05, 0.1) is 17.4 Å². The number of carbonyl (C=O) groups is 1. The molecule has 0 saturated carbocycles. The molecule has 1 N–H and O–H groups in total. The van der Waals surface area contributed by atoms with Crippen molar-refractivity contribution in [3.05, 3.63) is 70.3 Å². The van der Waals surface area contributed by atoms with Crippen LogP contribution in [0.25, 0.3) is 5.69 Å². The monoisotopic (exact) mass is 402 g/mol. The third kappa shape index (κ3) is 3.44. The predicted octanol–water partition coefficient (Wildman–Crippen LogP) is 4.34.